The number of benzene rings is 3. The van der Waals surface area contributed by atoms with Crippen molar-refractivity contribution in [3.05, 3.63) is 103 Å². The zero-order valence-electron chi connectivity index (χ0n) is 72.8. The first-order valence-corrected chi connectivity index (χ1v) is 45.0. The topological polar surface area (TPSA) is 861 Å². The highest BCUT2D eigenvalue weighted by atomic mass is 32.1. The average Bonchev–Trinajstić information content (AvgIpc) is 1.58. The lowest BCUT2D eigenvalue weighted by atomic mass is 9.90. The van der Waals surface area contributed by atoms with Crippen LogP contribution in [0.15, 0.2) is 68.0 Å². The molecule has 3 aromatic carbocycles. The number of hydroxylamine groups is 6. The van der Waals surface area contributed by atoms with E-state index in [-0.39, 0.29) is 149 Å². The molecule has 59 nitrogen and oxygen atoms in total. The number of aliphatic carboxylic acids is 6. The number of amides is 9. The van der Waals surface area contributed by atoms with Crippen LogP contribution < -0.4 is 33.2 Å². The Morgan fingerprint density at radius 2 is 0.671 bits per heavy atom. The number of anilines is 3. The van der Waals surface area contributed by atoms with E-state index in [1.54, 1.807) is 0 Å². The number of nitrogens with two attached hydrogens (primary N) is 3. The van der Waals surface area contributed by atoms with E-state index in [0.717, 1.165) is 85.1 Å². The van der Waals surface area contributed by atoms with E-state index >= 15 is 0 Å². The van der Waals surface area contributed by atoms with Crippen LogP contribution in [0.1, 0.15) is 135 Å². The SMILES string of the molecule is Nc1nc(/C(=N/OC2(C(=O)O)CC2)C(=O)N[C@H]2CON(C3(C(=O)O)C[C@H](N4Cc5cc(O)c(O)cc5C4=O)C(=O)O3)C2=O)cs1.Nc1nc(/C(=N/OC2(C(=O)O)CC3CCC(C2)O3)C(=O)N[C@H]2CON(C3(C(=O)O)C[C@H](N4Cc5cc(O)c(O)cc5C4=O)C(=O)O3)C2=O)cs1.Nc1nc(/C(=N/OC2(C(=O)O)CCOCC2)C(=O)N[C@H]2CON(C3(C(=O)O)C[C@H](N4Cc5cc(O)c(O)cc5C4=O)C(=O)O3)C2=O)cs1. The Morgan fingerprint density at radius 3 is 0.937 bits per heavy atom. The molecule has 143 heavy (non-hydrogen) atoms. The normalized spacial score (nSPS) is 27.0. The first kappa shape index (κ1) is 98.0. The van der Waals surface area contributed by atoms with Crippen LogP contribution in [0.25, 0.3) is 0 Å². The van der Waals surface area contributed by atoms with E-state index < -0.39 is 268 Å². The van der Waals surface area contributed by atoms with Gasteiger partial charge in [0.15, 0.2) is 67.0 Å². The van der Waals surface area contributed by atoms with Crippen molar-refractivity contribution in [3.63, 3.8) is 0 Å². The molecule has 2 bridgehead atoms. The van der Waals surface area contributed by atoms with Crippen LogP contribution in [-0.4, -0.2) is 346 Å². The summed E-state index contributed by atoms with van der Waals surface area (Å²) in [5.74, 6) is -25.1. The summed E-state index contributed by atoms with van der Waals surface area (Å²) in [6, 6.07) is -2.80. The van der Waals surface area contributed by atoms with E-state index in [9.17, 15) is 148 Å². The minimum Gasteiger partial charge on any atom is -0.504 e. The number of carbonyl (C=O) groups excluding carboxylic acids is 12. The molecule has 6 aromatic rings. The smallest absolute Gasteiger partial charge is 0.372 e. The second-order valence-electron chi connectivity index (χ2n) is 34.0. The van der Waals surface area contributed by atoms with Gasteiger partial charge in [-0.25, -0.2) is 58.1 Å². The maximum atomic E-state index is 13.6. The largest absolute Gasteiger partial charge is 0.504 e. The van der Waals surface area contributed by atoms with Gasteiger partial charge in [0.1, 0.15) is 73.2 Å². The van der Waals surface area contributed by atoms with Gasteiger partial charge in [-0.3, -0.25) is 57.7 Å². The Bertz CT molecular complexity index is 6580. The predicted octanol–water partition coefficient (Wildman–Crippen LogP) is -3.98. The molecule has 15 heterocycles. The Hall–Kier alpha value is -16.6. The number of aromatic hydroxyl groups is 6. The van der Waals surface area contributed by atoms with E-state index in [1.807, 2.05) is 0 Å². The average molecular weight is 2050 g/mol. The summed E-state index contributed by atoms with van der Waals surface area (Å²) in [5.41, 5.74) is 2.39. The molecule has 0 radical (unpaired) electrons. The maximum Gasteiger partial charge on any atom is 0.372 e. The van der Waals surface area contributed by atoms with Gasteiger partial charge in [-0.2, -0.15) is 15.2 Å². The number of nitrogens with one attached hydrogen (secondary N) is 3. The summed E-state index contributed by atoms with van der Waals surface area (Å²) >= 11 is 2.83. The van der Waals surface area contributed by atoms with Crippen molar-refractivity contribution in [2.75, 3.05) is 50.2 Å². The molecule has 19 rings (SSSR count). The molecule has 13 aliphatic rings. The highest BCUT2D eigenvalue weighted by Gasteiger charge is 2.69. The molecule has 1 saturated carbocycles. The van der Waals surface area contributed by atoms with Crippen LogP contribution in [0, 0.1) is 0 Å². The fourth-order valence-corrected chi connectivity index (χ4v) is 19.1. The number of rotatable bonds is 27. The Balaban J connectivity index is 0.000000148. The minimum atomic E-state index is -2.75. The molecular formula is C81H76N18O41S3. The van der Waals surface area contributed by atoms with Crippen LogP contribution in [-0.2, 0) is 144 Å². The summed E-state index contributed by atoms with van der Waals surface area (Å²) in [4.78, 5) is 280. The van der Waals surface area contributed by atoms with E-state index in [2.05, 4.69) is 46.4 Å². The van der Waals surface area contributed by atoms with E-state index in [4.69, 9.17) is 69.9 Å². The van der Waals surface area contributed by atoms with Crippen molar-refractivity contribution in [2.24, 2.45) is 15.5 Å². The molecule has 754 valence electrons. The number of cyclic esters (lactones) is 3. The molecule has 1 aliphatic carbocycles. The Kier molecular flexibility index (Phi) is 25.3. The monoisotopic (exact) mass is 2050 g/mol. The van der Waals surface area contributed by atoms with Crippen molar-refractivity contribution in [1.82, 2.24) is 60.8 Å². The zero-order valence-corrected chi connectivity index (χ0v) is 75.2. The molecule has 12 aliphatic heterocycles. The number of phenolic OH excluding ortho intramolecular Hbond substituents is 6. The molecule has 11 atom stereocenters. The zero-order chi connectivity index (χ0) is 103. The number of ether oxygens (including phenoxy) is 5. The predicted molar refractivity (Wildman–Crippen MR) is 458 cm³/mol. The molecule has 3 aromatic heterocycles. The number of phenols is 6. The first-order chi connectivity index (χ1) is 67.7. The highest BCUT2D eigenvalue weighted by Crippen LogP contribution is 2.48. The number of esters is 3. The molecule has 62 heteroatoms. The van der Waals surface area contributed by atoms with Crippen molar-refractivity contribution < 1.29 is 200 Å². The first-order valence-electron chi connectivity index (χ1n) is 42.4. The molecule has 21 N–H and O–H groups in total. The van der Waals surface area contributed by atoms with Gasteiger partial charge in [0.2, 0.25) is 16.8 Å². The molecule has 5 unspecified atom stereocenters. The minimum absolute atomic E-state index is 0.0264. The van der Waals surface area contributed by atoms with Crippen LogP contribution in [0.4, 0.5) is 15.4 Å². The molecule has 0 spiro atoms. The van der Waals surface area contributed by atoms with E-state index in [0.29, 0.717) is 28.0 Å². The lowest BCUT2D eigenvalue weighted by Crippen LogP contribution is -2.57. The van der Waals surface area contributed by atoms with Crippen molar-refractivity contribution in [1.29, 1.82) is 0 Å². The summed E-state index contributed by atoms with van der Waals surface area (Å²) in [7, 11) is 0. The van der Waals surface area contributed by atoms with Gasteiger partial charge >= 0.3 is 70.9 Å². The number of aromatic nitrogens is 3. The van der Waals surface area contributed by atoms with Gasteiger partial charge in [-0.05, 0) is 65.9 Å². The lowest BCUT2D eigenvalue weighted by molar-refractivity contribution is -0.256. The summed E-state index contributed by atoms with van der Waals surface area (Å²) in [6.45, 7) is -2.47. The third kappa shape index (κ3) is 17.6. The summed E-state index contributed by atoms with van der Waals surface area (Å²) in [6.07, 6.45) is -1.74. The number of fused-ring (bicyclic) bond motifs is 5. The van der Waals surface area contributed by atoms with Gasteiger partial charge in [0.25, 0.3) is 53.2 Å². The number of thiazole rings is 3. The number of nitrogen functional groups attached to an aromatic ring is 3. The van der Waals surface area contributed by atoms with Crippen LogP contribution in [0.3, 0.4) is 0 Å². The van der Waals surface area contributed by atoms with Crippen LogP contribution in [0.2, 0.25) is 0 Å². The number of carbonyl (C=O) groups is 18. The number of carboxylic acids is 6. The fourth-order valence-electron chi connectivity index (χ4n) is 17.4. The van der Waals surface area contributed by atoms with Gasteiger partial charge in [0.05, 0.1) is 44.7 Å². The van der Waals surface area contributed by atoms with Crippen molar-refractivity contribution >= 4 is 173 Å². The fraction of sp³-hybridized carbons (Fsp3) is 0.407. The maximum absolute atomic E-state index is 13.6. The van der Waals surface area contributed by atoms with Gasteiger partial charge in [-0.15, -0.1) is 34.0 Å². The third-order valence-electron chi connectivity index (χ3n) is 25.1. The van der Waals surface area contributed by atoms with Crippen molar-refractivity contribution in [2.45, 2.75) is 173 Å². The number of hydrogen-bond acceptors (Lipinski definition) is 47. The Morgan fingerprint density at radius 1 is 0.392 bits per heavy atom. The number of hydrogen-bond donors (Lipinski definition) is 18. The van der Waals surface area contributed by atoms with E-state index in [1.165, 1.54) is 16.1 Å². The van der Waals surface area contributed by atoms with Crippen molar-refractivity contribution in [3.8, 4) is 34.5 Å². The Labute approximate surface area is 806 Å². The quantitative estimate of drug-likeness (QED) is 0.00769. The lowest BCUT2D eigenvalue weighted by Gasteiger charge is -2.34. The molecule has 9 amide bonds. The number of carboxylic acid groups (broad SMARTS) is 6. The molecule has 9 saturated heterocycles. The summed E-state index contributed by atoms with van der Waals surface area (Å²) < 4.78 is 26.5. The second-order valence-corrected chi connectivity index (χ2v) is 36.7. The number of oxime groups is 3. The van der Waals surface area contributed by atoms with Gasteiger partial charge < -0.3 is 147 Å². The van der Waals surface area contributed by atoms with Gasteiger partial charge in [0, 0.05) is 91.0 Å². The molecular weight excluding hydrogens is 1980 g/mol. The second kappa shape index (κ2) is 36.9. The van der Waals surface area contributed by atoms with Crippen LogP contribution >= 0.6 is 34.0 Å². The molecule has 10 fully saturated rings. The summed E-state index contributed by atoms with van der Waals surface area (Å²) in [5, 5.41) is 142. The third-order valence-corrected chi connectivity index (χ3v) is 27.1. The van der Waals surface area contributed by atoms with Crippen LogP contribution in [0.5, 0.6) is 34.5 Å². The standard InChI is InChI=1S/C29H28N6O14S.C27H26N6O14S.C25H22N6O13S/c30-27-32-16(10-50-27)20(33-49-28(25(42)43)5-12-1-2-13(6-28)47-12)21(38)31-15-9-46-35(23(15)40)29(26(44)45)7-17(24(41)48-29)34-8-11-3-18(36)19(37)4-14(11)22(34)39;28-25-30-14(10-48-25)18(31-47-26(23(40)41)1-3-44-4-2-26)19(36)29-13-9-45-33(21(13)38)27(24(42)43)7-15(22(39)46-27)32-8-11-5-16(34)17(35)6-12(11)20(32)37;26-23-28-12(8-45-23)16(29-44-24(1-2-24)21(38)39)17(34)27-11-7-42-31(19(11)36)25(22(40)41)5-13(20(37)43-25)30-6-9-3-14(32)15(33)4-10(9)18(30)35/h3-4,10,12-13,15,17,36-37H,1-2,5-9H2,(H2,30,32)(H,31,38)(H,42,43)(H,44,45);5-6,10,13,15,34-35H,1-4,7-9H2,(H2,28,30)(H,29,36)(H,40,41)(H,42,43);3-4,8,11,13,32-33H,1-2,5-7H2,(H2,26,28)(H,27,34)(H,38,39)(H,40,41)/b33-20-;31-18-;29-16-/t12?,13?,15-,17-,28?,29?;13-,15-,27?;11-,13-,25?/m000/s1. The highest BCUT2D eigenvalue weighted by molar-refractivity contribution is 7.14. The number of nitrogens with zero attached hydrogens (tertiary/aromatic N) is 12. The van der Waals surface area contributed by atoms with Gasteiger partial charge in [-0.1, -0.05) is 15.5 Å².